The Morgan fingerprint density at radius 2 is 1.71 bits per heavy atom. The molecule has 0 aromatic carbocycles. The van der Waals surface area contributed by atoms with Crippen molar-refractivity contribution in [2.75, 3.05) is 31.9 Å². The van der Waals surface area contributed by atoms with Crippen LogP contribution in [-0.4, -0.2) is 52.4 Å². The highest BCUT2D eigenvalue weighted by atomic mass is 16.2. The van der Waals surface area contributed by atoms with Gasteiger partial charge in [-0.1, -0.05) is 0 Å². The van der Waals surface area contributed by atoms with Gasteiger partial charge in [0.25, 0.3) is 5.56 Å². The first-order chi connectivity index (χ1) is 10.0. The van der Waals surface area contributed by atoms with Crippen LogP contribution in [0.2, 0.25) is 0 Å². The molecule has 1 aliphatic heterocycles. The third-order valence-corrected chi connectivity index (χ3v) is 3.61. The summed E-state index contributed by atoms with van der Waals surface area (Å²) in [6, 6.07) is 2.98. The molecule has 2 rings (SSSR count). The summed E-state index contributed by atoms with van der Waals surface area (Å²) in [5, 5.41) is 0. The van der Waals surface area contributed by atoms with Crippen LogP contribution in [0.4, 0.5) is 5.69 Å². The summed E-state index contributed by atoms with van der Waals surface area (Å²) in [5.41, 5.74) is 6.04. The lowest BCUT2D eigenvalue weighted by atomic mass is 10.2. The molecular formula is C14H20N4O3. The van der Waals surface area contributed by atoms with E-state index in [0.717, 1.165) is 0 Å². The van der Waals surface area contributed by atoms with E-state index in [9.17, 15) is 14.4 Å². The average molecular weight is 292 g/mol. The number of nitrogens with two attached hydrogens (primary N) is 1. The SMILES string of the molecule is CCN1CCN(CCCn2cc(N)ccc2=O)C(=O)C1=O. The molecule has 2 N–H and O–H groups in total. The van der Waals surface area contributed by atoms with Crippen molar-refractivity contribution >= 4 is 17.5 Å². The van der Waals surface area contributed by atoms with Gasteiger partial charge >= 0.3 is 11.8 Å². The number of aryl methyl sites for hydroxylation is 1. The third-order valence-electron chi connectivity index (χ3n) is 3.61. The molecule has 1 fully saturated rings. The number of likely N-dealkylation sites (N-methyl/N-ethyl adjacent to an activating group) is 1. The number of rotatable bonds is 5. The van der Waals surface area contributed by atoms with Crippen molar-refractivity contribution < 1.29 is 9.59 Å². The molecule has 0 radical (unpaired) electrons. The summed E-state index contributed by atoms with van der Waals surface area (Å²) >= 11 is 0. The van der Waals surface area contributed by atoms with Crippen LogP contribution in [0.25, 0.3) is 0 Å². The number of nitrogens with zero attached hydrogens (tertiary/aromatic N) is 3. The molecule has 1 aromatic rings. The van der Waals surface area contributed by atoms with Crippen molar-refractivity contribution in [2.24, 2.45) is 0 Å². The van der Waals surface area contributed by atoms with E-state index < -0.39 is 11.8 Å². The van der Waals surface area contributed by atoms with E-state index in [0.29, 0.717) is 44.8 Å². The summed E-state index contributed by atoms with van der Waals surface area (Å²) in [5.74, 6) is -0.895. The number of hydrogen-bond acceptors (Lipinski definition) is 4. The van der Waals surface area contributed by atoms with E-state index in [2.05, 4.69) is 0 Å². The lowest BCUT2D eigenvalue weighted by molar-refractivity contribution is -0.155. The predicted octanol–water partition coefficient (Wildman–Crippen LogP) is -0.489. The fourth-order valence-corrected chi connectivity index (χ4v) is 2.39. The van der Waals surface area contributed by atoms with Gasteiger partial charge in [-0.3, -0.25) is 14.4 Å². The van der Waals surface area contributed by atoms with Gasteiger partial charge in [-0.25, -0.2) is 0 Å². The van der Waals surface area contributed by atoms with E-state index in [4.69, 9.17) is 5.73 Å². The Morgan fingerprint density at radius 3 is 2.43 bits per heavy atom. The lowest BCUT2D eigenvalue weighted by Gasteiger charge is -2.33. The van der Waals surface area contributed by atoms with Crippen molar-refractivity contribution in [3.63, 3.8) is 0 Å². The molecule has 0 bridgehead atoms. The van der Waals surface area contributed by atoms with Gasteiger partial charge in [0.1, 0.15) is 0 Å². The minimum Gasteiger partial charge on any atom is -0.398 e. The summed E-state index contributed by atoms with van der Waals surface area (Å²) in [6.45, 7) is 4.45. The molecule has 0 saturated carbocycles. The second-order valence-corrected chi connectivity index (χ2v) is 5.02. The molecule has 1 saturated heterocycles. The molecule has 21 heavy (non-hydrogen) atoms. The first kappa shape index (κ1) is 15.1. The number of carbonyl (C=O) groups is 2. The molecule has 1 aromatic heterocycles. The Labute approximate surface area is 122 Å². The van der Waals surface area contributed by atoms with Gasteiger partial charge in [-0.05, 0) is 19.4 Å². The number of nitrogen functional groups attached to an aromatic ring is 1. The van der Waals surface area contributed by atoms with Crippen molar-refractivity contribution in [3.8, 4) is 0 Å². The van der Waals surface area contributed by atoms with Crippen LogP contribution in [0.15, 0.2) is 23.1 Å². The van der Waals surface area contributed by atoms with E-state index >= 15 is 0 Å². The first-order valence-corrected chi connectivity index (χ1v) is 7.07. The maximum atomic E-state index is 11.9. The number of piperazine rings is 1. The zero-order valence-electron chi connectivity index (χ0n) is 12.1. The fourth-order valence-electron chi connectivity index (χ4n) is 2.39. The standard InChI is InChI=1S/C14H20N4O3/c1-2-16-8-9-17(14(21)13(16)20)6-3-7-18-10-11(15)4-5-12(18)19/h4-5,10H,2-3,6-9,15H2,1H3. The molecule has 114 valence electrons. The molecule has 0 aliphatic carbocycles. The Bertz CT molecular complexity index is 596. The molecule has 2 heterocycles. The minimum atomic E-state index is -0.456. The van der Waals surface area contributed by atoms with Gasteiger partial charge in [0.15, 0.2) is 0 Å². The van der Waals surface area contributed by atoms with Crippen LogP contribution in [0.5, 0.6) is 0 Å². The highest BCUT2D eigenvalue weighted by Gasteiger charge is 2.30. The number of amides is 2. The number of aromatic nitrogens is 1. The average Bonchev–Trinajstić information content (AvgIpc) is 2.47. The monoisotopic (exact) mass is 292 g/mol. The molecule has 7 nitrogen and oxygen atoms in total. The summed E-state index contributed by atoms with van der Waals surface area (Å²) in [7, 11) is 0. The van der Waals surface area contributed by atoms with Crippen LogP contribution in [-0.2, 0) is 16.1 Å². The zero-order valence-corrected chi connectivity index (χ0v) is 12.1. The van der Waals surface area contributed by atoms with E-state index in [1.54, 1.807) is 22.1 Å². The first-order valence-electron chi connectivity index (χ1n) is 7.07. The quantitative estimate of drug-likeness (QED) is 0.742. The Morgan fingerprint density at radius 1 is 1.05 bits per heavy atom. The van der Waals surface area contributed by atoms with Gasteiger partial charge in [0.05, 0.1) is 0 Å². The van der Waals surface area contributed by atoms with E-state index in [1.807, 2.05) is 6.92 Å². The van der Waals surface area contributed by atoms with Crippen molar-refractivity contribution in [1.29, 1.82) is 0 Å². The summed E-state index contributed by atoms with van der Waals surface area (Å²) in [6.07, 6.45) is 2.19. The summed E-state index contributed by atoms with van der Waals surface area (Å²) < 4.78 is 1.52. The Balaban J connectivity index is 1.89. The highest BCUT2D eigenvalue weighted by molar-refractivity contribution is 6.35. The summed E-state index contributed by atoms with van der Waals surface area (Å²) in [4.78, 5) is 38.4. The van der Waals surface area contributed by atoms with Gasteiger partial charge in [-0.2, -0.15) is 0 Å². The Hall–Kier alpha value is -2.31. The molecule has 7 heteroatoms. The second kappa shape index (κ2) is 6.43. The van der Waals surface area contributed by atoms with Crippen LogP contribution in [0.1, 0.15) is 13.3 Å². The fraction of sp³-hybridized carbons (Fsp3) is 0.500. The maximum absolute atomic E-state index is 11.9. The highest BCUT2D eigenvalue weighted by Crippen LogP contribution is 2.06. The maximum Gasteiger partial charge on any atom is 0.312 e. The van der Waals surface area contributed by atoms with Crippen molar-refractivity contribution in [3.05, 3.63) is 28.7 Å². The number of pyridine rings is 1. The minimum absolute atomic E-state index is 0.123. The van der Waals surface area contributed by atoms with E-state index in [-0.39, 0.29) is 5.56 Å². The number of anilines is 1. The smallest absolute Gasteiger partial charge is 0.312 e. The third kappa shape index (κ3) is 3.42. The molecule has 0 spiro atoms. The van der Waals surface area contributed by atoms with Crippen LogP contribution < -0.4 is 11.3 Å². The Kier molecular flexibility index (Phi) is 4.62. The molecule has 2 amide bonds. The largest absolute Gasteiger partial charge is 0.398 e. The van der Waals surface area contributed by atoms with Crippen molar-refractivity contribution in [2.45, 2.75) is 19.9 Å². The van der Waals surface area contributed by atoms with E-state index in [1.165, 1.54) is 10.6 Å². The zero-order chi connectivity index (χ0) is 15.4. The van der Waals surface area contributed by atoms with Gasteiger partial charge in [0.2, 0.25) is 0 Å². The topological polar surface area (TPSA) is 88.6 Å². The second-order valence-electron chi connectivity index (χ2n) is 5.02. The number of carbonyl (C=O) groups excluding carboxylic acids is 2. The number of hydrogen-bond donors (Lipinski definition) is 1. The van der Waals surface area contributed by atoms with Gasteiger partial charge < -0.3 is 20.1 Å². The predicted molar refractivity (Wildman–Crippen MR) is 78.6 cm³/mol. The van der Waals surface area contributed by atoms with Gasteiger partial charge in [0, 0.05) is 50.7 Å². The van der Waals surface area contributed by atoms with Crippen LogP contribution >= 0.6 is 0 Å². The lowest BCUT2D eigenvalue weighted by Crippen LogP contribution is -2.54. The van der Waals surface area contributed by atoms with Crippen molar-refractivity contribution in [1.82, 2.24) is 14.4 Å². The molecular weight excluding hydrogens is 272 g/mol. The molecule has 0 unspecified atom stereocenters. The van der Waals surface area contributed by atoms with Gasteiger partial charge in [-0.15, -0.1) is 0 Å². The molecule has 0 atom stereocenters. The van der Waals surface area contributed by atoms with Crippen LogP contribution in [0.3, 0.4) is 0 Å². The normalized spacial score (nSPS) is 15.7. The molecule has 1 aliphatic rings. The van der Waals surface area contributed by atoms with Crippen LogP contribution in [0, 0.1) is 0 Å².